The molecule has 0 aliphatic carbocycles. The van der Waals surface area contributed by atoms with Crippen LogP contribution in [0, 0.1) is 0 Å². The fourth-order valence-electron chi connectivity index (χ4n) is 2.34. The predicted molar refractivity (Wildman–Crippen MR) is 92.8 cm³/mol. The number of esters is 1. The number of allylic oxidation sites excluding steroid dienone is 3. The number of carbonyl (C=O) groups excluding carboxylic acids is 1. The molecule has 0 spiro atoms. The Kier molecular flexibility index (Phi) is 17.1. The van der Waals surface area contributed by atoms with Gasteiger partial charge < -0.3 is 9.84 Å². The zero-order valence-corrected chi connectivity index (χ0v) is 14.3. The lowest BCUT2D eigenvalue weighted by Gasteiger charge is -2.02. The molecular formula is C19H34O3. The van der Waals surface area contributed by atoms with Gasteiger partial charge in [0.25, 0.3) is 0 Å². The van der Waals surface area contributed by atoms with Gasteiger partial charge in [-0.25, -0.2) is 4.79 Å². The third-order valence-corrected chi connectivity index (χ3v) is 3.71. The topological polar surface area (TPSA) is 46.5 Å². The van der Waals surface area contributed by atoms with Crippen LogP contribution in [-0.2, 0) is 9.53 Å². The van der Waals surface area contributed by atoms with Gasteiger partial charge in [0.2, 0.25) is 0 Å². The van der Waals surface area contributed by atoms with Crippen LogP contribution in [-0.4, -0.2) is 24.8 Å². The lowest BCUT2D eigenvalue weighted by Crippen LogP contribution is -1.92. The molecule has 0 aromatic heterocycles. The van der Waals surface area contributed by atoms with Gasteiger partial charge in [0, 0.05) is 12.7 Å². The second-order valence-electron chi connectivity index (χ2n) is 5.71. The summed E-state index contributed by atoms with van der Waals surface area (Å²) in [6.07, 6.45) is 22.3. The number of ether oxygens (including phenoxy) is 1. The Hall–Kier alpha value is -1.09. The van der Waals surface area contributed by atoms with Crippen molar-refractivity contribution in [3.8, 4) is 0 Å². The lowest BCUT2D eigenvalue weighted by atomic mass is 10.1. The smallest absolute Gasteiger partial charge is 0.330 e. The largest absolute Gasteiger partial charge is 0.466 e. The predicted octanol–water partition coefficient (Wildman–Crippen LogP) is 4.95. The van der Waals surface area contributed by atoms with Gasteiger partial charge >= 0.3 is 5.97 Å². The van der Waals surface area contributed by atoms with Crippen LogP contribution in [0.5, 0.6) is 0 Å². The summed E-state index contributed by atoms with van der Waals surface area (Å²) in [7, 11) is 1.38. The summed E-state index contributed by atoms with van der Waals surface area (Å²) in [6.45, 7) is 0.344. The summed E-state index contributed by atoms with van der Waals surface area (Å²) in [5.74, 6) is -0.307. The highest BCUT2D eigenvalue weighted by atomic mass is 16.5. The highest BCUT2D eigenvalue weighted by Crippen LogP contribution is 2.12. The van der Waals surface area contributed by atoms with Crippen molar-refractivity contribution in [3.63, 3.8) is 0 Å². The second-order valence-corrected chi connectivity index (χ2v) is 5.71. The van der Waals surface area contributed by atoms with E-state index in [1.54, 1.807) is 6.08 Å². The standard InChI is InChI=1S/C19H34O3/c1-22-19(21)17-15-13-11-9-7-5-3-2-4-6-8-10-12-14-16-18-20/h11,13,15,17,20H,2-10,12,14,16,18H2,1H3. The highest BCUT2D eigenvalue weighted by molar-refractivity contribution is 5.82. The first-order valence-electron chi connectivity index (χ1n) is 8.83. The third-order valence-electron chi connectivity index (χ3n) is 3.71. The summed E-state index contributed by atoms with van der Waals surface area (Å²) in [4.78, 5) is 10.8. The van der Waals surface area contributed by atoms with Gasteiger partial charge in [-0.3, -0.25) is 0 Å². The van der Waals surface area contributed by atoms with Crippen LogP contribution in [0.4, 0.5) is 0 Å². The van der Waals surface area contributed by atoms with Crippen molar-refractivity contribution in [2.45, 2.75) is 77.0 Å². The molecule has 0 unspecified atom stereocenters. The molecule has 0 radical (unpaired) electrons. The Balaban J connectivity index is 3.16. The summed E-state index contributed by atoms with van der Waals surface area (Å²) in [6, 6.07) is 0. The second kappa shape index (κ2) is 18.0. The summed E-state index contributed by atoms with van der Waals surface area (Å²) in [5.41, 5.74) is 0. The zero-order chi connectivity index (χ0) is 16.3. The first-order chi connectivity index (χ1) is 10.8. The normalized spacial score (nSPS) is 11.5. The van der Waals surface area contributed by atoms with Crippen molar-refractivity contribution in [3.05, 3.63) is 24.3 Å². The van der Waals surface area contributed by atoms with Gasteiger partial charge in [-0.15, -0.1) is 0 Å². The average Bonchev–Trinajstić information content (AvgIpc) is 2.54. The fraction of sp³-hybridized carbons (Fsp3) is 0.737. The molecular weight excluding hydrogens is 276 g/mol. The van der Waals surface area contributed by atoms with Crippen molar-refractivity contribution in [2.75, 3.05) is 13.7 Å². The fourth-order valence-corrected chi connectivity index (χ4v) is 2.34. The van der Waals surface area contributed by atoms with Gasteiger partial charge in [-0.2, -0.15) is 0 Å². The molecule has 0 bridgehead atoms. The Morgan fingerprint density at radius 1 is 0.818 bits per heavy atom. The molecule has 0 saturated heterocycles. The molecule has 3 nitrogen and oxygen atoms in total. The van der Waals surface area contributed by atoms with Crippen LogP contribution < -0.4 is 0 Å². The number of methoxy groups -OCH3 is 1. The third kappa shape index (κ3) is 17.0. The number of unbranched alkanes of at least 4 members (excludes halogenated alkanes) is 11. The molecule has 0 rings (SSSR count). The highest BCUT2D eigenvalue weighted by Gasteiger charge is 1.93. The molecule has 22 heavy (non-hydrogen) atoms. The number of hydrogen-bond acceptors (Lipinski definition) is 3. The molecule has 0 amide bonds. The van der Waals surface area contributed by atoms with Crippen molar-refractivity contribution in [1.29, 1.82) is 0 Å². The Morgan fingerprint density at radius 3 is 1.82 bits per heavy atom. The number of hydrogen-bond donors (Lipinski definition) is 1. The van der Waals surface area contributed by atoms with E-state index < -0.39 is 0 Å². The molecule has 0 aliphatic rings. The van der Waals surface area contributed by atoms with E-state index in [0.29, 0.717) is 6.61 Å². The number of rotatable bonds is 15. The van der Waals surface area contributed by atoms with E-state index in [-0.39, 0.29) is 5.97 Å². The summed E-state index contributed by atoms with van der Waals surface area (Å²) >= 11 is 0. The van der Waals surface area contributed by atoms with Gasteiger partial charge in [0.1, 0.15) is 0 Å². The van der Waals surface area contributed by atoms with E-state index in [1.165, 1.54) is 77.4 Å². The van der Waals surface area contributed by atoms with Crippen LogP contribution in [0.1, 0.15) is 77.0 Å². The van der Waals surface area contributed by atoms with Crippen LogP contribution in [0.2, 0.25) is 0 Å². The molecule has 128 valence electrons. The van der Waals surface area contributed by atoms with E-state index in [1.807, 2.05) is 6.08 Å². The molecule has 0 saturated carbocycles. The van der Waals surface area contributed by atoms with Crippen LogP contribution in [0.15, 0.2) is 24.3 Å². The maximum absolute atomic E-state index is 10.8. The summed E-state index contributed by atoms with van der Waals surface area (Å²) in [5, 5.41) is 8.68. The number of aliphatic hydroxyl groups excluding tert-OH is 1. The van der Waals surface area contributed by atoms with Crippen molar-refractivity contribution >= 4 is 5.97 Å². The van der Waals surface area contributed by atoms with Gasteiger partial charge in [0.15, 0.2) is 0 Å². The number of aliphatic hydroxyl groups is 1. The lowest BCUT2D eigenvalue weighted by molar-refractivity contribution is -0.134. The molecule has 3 heteroatoms. The minimum absolute atomic E-state index is 0.307. The van der Waals surface area contributed by atoms with Gasteiger partial charge in [-0.1, -0.05) is 76.0 Å². The Bertz CT molecular complexity index is 295. The minimum Gasteiger partial charge on any atom is -0.466 e. The molecule has 0 heterocycles. The summed E-state index contributed by atoms with van der Waals surface area (Å²) < 4.78 is 4.50. The maximum atomic E-state index is 10.8. The van der Waals surface area contributed by atoms with Crippen molar-refractivity contribution in [2.24, 2.45) is 0 Å². The van der Waals surface area contributed by atoms with Crippen LogP contribution in [0.25, 0.3) is 0 Å². The quantitative estimate of drug-likeness (QED) is 0.201. The van der Waals surface area contributed by atoms with E-state index in [4.69, 9.17) is 5.11 Å². The molecule has 0 atom stereocenters. The average molecular weight is 310 g/mol. The zero-order valence-electron chi connectivity index (χ0n) is 14.3. The van der Waals surface area contributed by atoms with Crippen LogP contribution >= 0.6 is 0 Å². The molecule has 0 aromatic carbocycles. The minimum atomic E-state index is -0.307. The molecule has 0 fully saturated rings. The monoisotopic (exact) mass is 310 g/mol. The van der Waals surface area contributed by atoms with Gasteiger partial charge in [0.05, 0.1) is 7.11 Å². The van der Waals surface area contributed by atoms with Gasteiger partial charge in [-0.05, 0) is 19.3 Å². The Labute approximate surface area is 136 Å². The first-order valence-corrected chi connectivity index (χ1v) is 8.83. The van der Waals surface area contributed by atoms with Crippen molar-refractivity contribution < 1.29 is 14.6 Å². The Morgan fingerprint density at radius 2 is 1.32 bits per heavy atom. The number of carbonyl (C=O) groups is 1. The van der Waals surface area contributed by atoms with E-state index in [9.17, 15) is 4.79 Å². The van der Waals surface area contributed by atoms with E-state index in [2.05, 4.69) is 10.8 Å². The molecule has 0 aliphatic heterocycles. The van der Waals surface area contributed by atoms with Crippen molar-refractivity contribution in [1.82, 2.24) is 0 Å². The molecule has 1 N–H and O–H groups in total. The SMILES string of the molecule is COC(=O)C=CC=CCCCCCCCCCCCCCO. The first kappa shape index (κ1) is 20.9. The van der Waals surface area contributed by atoms with Crippen LogP contribution in [0.3, 0.4) is 0 Å². The molecule has 0 aromatic rings. The van der Waals surface area contributed by atoms with E-state index >= 15 is 0 Å². The van der Waals surface area contributed by atoms with E-state index in [0.717, 1.165) is 12.8 Å². The maximum Gasteiger partial charge on any atom is 0.330 e.